The van der Waals surface area contributed by atoms with Gasteiger partial charge in [-0.1, -0.05) is 54.4 Å². The van der Waals surface area contributed by atoms with Crippen LogP contribution in [-0.2, 0) is 26.2 Å². The van der Waals surface area contributed by atoms with E-state index in [0.717, 1.165) is 21.0 Å². The number of aryl methyl sites for hydroxylation is 2. The van der Waals surface area contributed by atoms with Crippen LogP contribution in [0.15, 0.2) is 53.4 Å². The van der Waals surface area contributed by atoms with Crippen LogP contribution in [0.2, 0.25) is 0 Å². The zero-order valence-electron chi connectivity index (χ0n) is 21.3. The number of nitrogens with one attached hydrogen (secondary N) is 1. The van der Waals surface area contributed by atoms with Gasteiger partial charge >= 0.3 is 0 Å². The number of benzene rings is 2. The van der Waals surface area contributed by atoms with Gasteiger partial charge in [0.1, 0.15) is 6.04 Å². The first-order valence-corrected chi connectivity index (χ1v) is 12.9. The number of carbonyl (C=O) groups is 2. The molecule has 0 fully saturated rings. The molecule has 0 spiro atoms. The van der Waals surface area contributed by atoms with Gasteiger partial charge in [0.05, 0.1) is 11.4 Å². The second-order valence-corrected chi connectivity index (χ2v) is 11.8. The van der Waals surface area contributed by atoms with Gasteiger partial charge < -0.3 is 10.2 Å². The maximum atomic E-state index is 13.5. The van der Waals surface area contributed by atoms with E-state index in [4.69, 9.17) is 0 Å². The molecule has 0 saturated heterocycles. The molecule has 1 N–H and O–H groups in total. The lowest BCUT2D eigenvalue weighted by Crippen LogP contribution is -2.55. The molecule has 0 saturated carbocycles. The first-order valence-electron chi connectivity index (χ1n) is 11.4. The third-order valence-corrected chi connectivity index (χ3v) is 7.22. The van der Waals surface area contributed by atoms with E-state index in [0.29, 0.717) is 6.42 Å². The normalized spacial score (nSPS) is 12.9. The molecule has 2 rings (SSSR count). The number of hydrogen-bond donors (Lipinski definition) is 1. The Labute approximate surface area is 204 Å². The zero-order valence-corrected chi connectivity index (χ0v) is 22.1. The van der Waals surface area contributed by atoms with Crippen LogP contribution in [0.25, 0.3) is 0 Å². The van der Waals surface area contributed by atoms with E-state index in [-0.39, 0.29) is 23.9 Å². The average molecular weight is 488 g/mol. The maximum Gasteiger partial charge on any atom is 0.243 e. The molecule has 2 aromatic rings. The fourth-order valence-corrected chi connectivity index (χ4v) is 4.76. The summed E-state index contributed by atoms with van der Waals surface area (Å²) in [7, 11) is -2.48. The molecule has 0 bridgehead atoms. The molecule has 2 amide bonds. The molecule has 0 unspecified atom stereocenters. The summed E-state index contributed by atoms with van der Waals surface area (Å²) in [5.74, 6) is -0.698. The quantitative estimate of drug-likeness (QED) is 0.585. The smallest absolute Gasteiger partial charge is 0.243 e. The van der Waals surface area contributed by atoms with E-state index in [9.17, 15) is 18.0 Å². The van der Waals surface area contributed by atoms with Gasteiger partial charge in [0.25, 0.3) is 0 Å². The average Bonchev–Trinajstić information content (AvgIpc) is 2.72. The molecule has 186 valence electrons. The molecule has 0 aliphatic carbocycles. The van der Waals surface area contributed by atoms with Crippen LogP contribution in [0.1, 0.15) is 50.8 Å². The molecular weight excluding hydrogens is 450 g/mol. The van der Waals surface area contributed by atoms with Crippen LogP contribution in [0.3, 0.4) is 0 Å². The summed E-state index contributed by atoms with van der Waals surface area (Å²) in [5, 5.41) is 2.95. The molecule has 7 nitrogen and oxygen atoms in total. The molecule has 8 heteroatoms. The summed E-state index contributed by atoms with van der Waals surface area (Å²) in [4.78, 5) is 28.2. The number of sulfonamides is 1. The van der Waals surface area contributed by atoms with Crippen molar-refractivity contribution < 1.29 is 18.0 Å². The van der Waals surface area contributed by atoms with Gasteiger partial charge in [0, 0.05) is 19.1 Å². The van der Waals surface area contributed by atoms with Gasteiger partial charge in [-0.3, -0.25) is 9.59 Å². The van der Waals surface area contributed by atoms with Gasteiger partial charge in [0.2, 0.25) is 21.8 Å². The number of amides is 2. The van der Waals surface area contributed by atoms with Crippen LogP contribution < -0.4 is 5.32 Å². The highest BCUT2D eigenvalue weighted by atomic mass is 32.2. The zero-order chi connectivity index (χ0) is 25.7. The van der Waals surface area contributed by atoms with Crippen molar-refractivity contribution in [1.82, 2.24) is 14.5 Å². The van der Waals surface area contributed by atoms with Crippen molar-refractivity contribution in [3.63, 3.8) is 0 Å². The third kappa shape index (κ3) is 7.40. The molecule has 2 aromatic carbocycles. The summed E-state index contributed by atoms with van der Waals surface area (Å²) in [6.45, 7) is 11.2. The third-order valence-electron chi connectivity index (χ3n) is 5.41. The van der Waals surface area contributed by atoms with Gasteiger partial charge in [-0.2, -0.15) is 4.31 Å². The van der Waals surface area contributed by atoms with E-state index in [1.807, 2.05) is 65.8 Å². The molecule has 0 aromatic heterocycles. The SMILES string of the molecule is CC[C@@H](C(=O)NC(C)(C)C)N(Cc1cccc(C)c1)C(=O)CN(C)S(=O)(=O)c1ccc(C)cc1. The van der Waals surface area contributed by atoms with Crippen LogP contribution in [0, 0.1) is 13.8 Å². The van der Waals surface area contributed by atoms with Crippen molar-refractivity contribution in [1.29, 1.82) is 0 Å². The van der Waals surface area contributed by atoms with Crippen LogP contribution in [0.4, 0.5) is 0 Å². The topological polar surface area (TPSA) is 86.8 Å². The second-order valence-electron chi connectivity index (χ2n) is 9.75. The molecule has 0 aliphatic heterocycles. The van der Waals surface area contributed by atoms with E-state index in [1.54, 1.807) is 12.1 Å². The van der Waals surface area contributed by atoms with E-state index < -0.39 is 27.5 Å². The van der Waals surface area contributed by atoms with Gasteiger partial charge in [0.15, 0.2) is 0 Å². The minimum absolute atomic E-state index is 0.121. The number of likely N-dealkylation sites (N-methyl/N-ethyl adjacent to an activating group) is 1. The van der Waals surface area contributed by atoms with E-state index >= 15 is 0 Å². The number of carbonyl (C=O) groups excluding carboxylic acids is 2. The summed E-state index contributed by atoms with van der Waals surface area (Å²) in [6, 6.07) is 13.5. The Morgan fingerprint density at radius 3 is 2.15 bits per heavy atom. The van der Waals surface area contributed by atoms with E-state index in [1.165, 1.54) is 24.1 Å². The summed E-state index contributed by atoms with van der Waals surface area (Å²) >= 11 is 0. The Kier molecular flexibility index (Phi) is 9.02. The molecule has 0 radical (unpaired) electrons. The Balaban J connectivity index is 2.35. The summed E-state index contributed by atoms with van der Waals surface area (Å²) in [6.07, 6.45) is 0.397. The van der Waals surface area contributed by atoms with E-state index in [2.05, 4.69) is 5.32 Å². The van der Waals surface area contributed by atoms with Crippen molar-refractivity contribution in [2.45, 2.75) is 71.0 Å². The van der Waals surface area contributed by atoms with Crippen LogP contribution in [-0.4, -0.2) is 54.6 Å². The highest BCUT2D eigenvalue weighted by Gasteiger charge is 2.33. The van der Waals surface area contributed by atoms with Crippen LogP contribution >= 0.6 is 0 Å². The Morgan fingerprint density at radius 2 is 1.62 bits per heavy atom. The minimum Gasteiger partial charge on any atom is -0.350 e. The van der Waals surface area contributed by atoms with Gasteiger partial charge in [-0.05, 0) is 58.7 Å². The highest BCUT2D eigenvalue weighted by Crippen LogP contribution is 2.18. The summed E-state index contributed by atoms with van der Waals surface area (Å²) < 4.78 is 27.1. The van der Waals surface area contributed by atoms with Crippen LogP contribution in [0.5, 0.6) is 0 Å². The van der Waals surface area contributed by atoms with Crippen molar-refractivity contribution >= 4 is 21.8 Å². The lowest BCUT2D eigenvalue weighted by atomic mass is 10.0. The second kappa shape index (κ2) is 11.1. The predicted molar refractivity (Wildman–Crippen MR) is 135 cm³/mol. The minimum atomic E-state index is -3.86. The molecule has 0 heterocycles. The van der Waals surface area contributed by atoms with Crippen molar-refractivity contribution in [2.24, 2.45) is 0 Å². The Morgan fingerprint density at radius 1 is 1.00 bits per heavy atom. The van der Waals surface area contributed by atoms with Crippen molar-refractivity contribution in [2.75, 3.05) is 13.6 Å². The largest absolute Gasteiger partial charge is 0.350 e. The standard InChI is InChI=1S/C26H37N3O4S/c1-8-23(25(31)27-26(4,5)6)29(17-21-11-9-10-20(3)16-21)24(30)18-28(7)34(32,33)22-14-12-19(2)13-15-22/h9-16,23H,8,17-18H2,1-7H3,(H,27,31)/t23-/m0/s1. The first kappa shape index (κ1) is 27.5. The fourth-order valence-electron chi connectivity index (χ4n) is 3.64. The molecular formula is C26H37N3O4S. The lowest BCUT2D eigenvalue weighted by molar-refractivity contribution is -0.142. The fraction of sp³-hybridized carbons (Fsp3) is 0.462. The number of nitrogens with zero attached hydrogens (tertiary/aromatic N) is 2. The van der Waals surface area contributed by atoms with Gasteiger partial charge in [-0.15, -0.1) is 0 Å². The Hall–Kier alpha value is -2.71. The van der Waals surface area contributed by atoms with Gasteiger partial charge in [-0.25, -0.2) is 8.42 Å². The van der Waals surface area contributed by atoms with Crippen molar-refractivity contribution in [3.8, 4) is 0 Å². The first-order chi connectivity index (χ1) is 15.7. The predicted octanol–water partition coefficient (Wildman–Crippen LogP) is 3.65. The molecule has 1 atom stereocenters. The Bertz CT molecular complexity index is 1110. The van der Waals surface area contributed by atoms with Crippen molar-refractivity contribution in [3.05, 3.63) is 65.2 Å². The maximum absolute atomic E-state index is 13.5. The lowest BCUT2D eigenvalue weighted by Gasteiger charge is -2.34. The number of rotatable bonds is 9. The highest BCUT2D eigenvalue weighted by molar-refractivity contribution is 7.89. The summed E-state index contributed by atoms with van der Waals surface area (Å²) in [5.41, 5.74) is 2.39. The molecule has 34 heavy (non-hydrogen) atoms. The monoisotopic (exact) mass is 487 g/mol. The number of hydrogen-bond acceptors (Lipinski definition) is 4. The molecule has 0 aliphatic rings.